The topological polar surface area (TPSA) is 26.8 Å². The minimum atomic E-state index is 0.225. The Bertz CT molecular complexity index is 326. The highest BCUT2D eigenvalue weighted by Gasteiger charge is 2.32. The van der Waals surface area contributed by atoms with Gasteiger partial charge >= 0.3 is 0 Å². The Morgan fingerprint density at radius 3 is 2.50 bits per heavy atom. The normalized spacial score (nSPS) is 25.8. The second kappa shape index (κ2) is 6.90. The molecule has 4 heteroatoms. The molecule has 0 N–H and O–H groups in total. The van der Waals surface area contributed by atoms with Crippen molar-refractivity contribution in [2.45, 2.75) is 39.2 Å². The van der Waals surface area contributed by atoms with Crippen LogP contribution in [-0.2, 0) is 4.79 Å². The summed E-state index contributed by atoms with van der Waals surface area (Å²) >= 11 is 0. The van der Waals surface area contributed by atoms with E-state index in [0.717, 1.165) is 19.0 Å². The van der Waals surface area contributed by atoms with Crippen molar-refractivity contribution in [3.63, 3.8) is 0 Å². The van der Waals surface area contributed by atoms with Crippen molar-refractivity contribution in [1.29, 1.82) is 0 Å². The van der Waals surface area contributed by atoms with Gasteiger partial charge in [-0.1, -0.05) is 13.8 Å². The Balaban J connectivity index is 1.95. The van der Waals surface area contributed by atoms with E-state index in [0.29, 0.717) is 18.5 Å². The molecule has 0 spiro atoms. The largest absolute Gasteiger partial charge is 0.348 e. The Labute approximate surface area is 124 Å². The molecule has 20 heavy (non-hydrogen) atoms. The van der Waals surface area contributed by atoms with Gasteiger partial charge in [-0.15, -0.1) is 0 Å². The number of amides is 1. The number of carbonyl (C=O) groups excluding carboxylic acids is 1. The summed E-state index contributed by atoms with van der Waals surface area (Å²) in [6.07, 6.45) is 4.03. The smallest absolute Gasteiger partial charge is 0.236 e. The quantitative estimate of drug-likeness (QED) is 0.764. The third-order valence-corrected chi connectivity index (χ3v) is 4.65. The van der Waals surface area contributed by atoms with Gasteiger partial charge in [0.2, 0.25) is 5.91 Å². The molecule has 1 saturated heterocycles. The van der Waals surface area contributed by atoms with Crippen molar-refractivity contribution in [1.82, 2.24) is 14.7 Å². The van der Waals surface area contributed by atoms with Crippen LogP contribution in [0.15, 0.2) is 0 Å². The fourth-order valence-electron chi connectivity index (χ4n) is 3.10. The summed E-state index contributed by atoms with van der Waals surface area (Å²) in [6.45, 7) is 9.80. The highest BCUT2D eigenvalue weighted by molar-refractivity contribution is 5.77. The molecule has 0 bridgehead atoms. The number of likely N-dealkylation sites (N-methyl/N-ethyl adjacent to an activating group) is 1. The number of hydrogen-bond acceptors (Lipinski definition) is 3. The van der Waals surface area contributed by atoms with Gasteiger partial charge in [0.1, 0.15) is 0 Å². The first-order valence-electron chi connectivity index (χ1n) is 8.14. The van der Waals surface area contributed by atoms with Gasteiger partial charge in [0.05, 0.1) is 6.54 Å². The molecule has 1 aliphatic carbocycles. The molecule has 1 atom stereocenters. The molecule has 0 unspecified atom stereocenters. The average Bonchev–Trinajstić information content (AvgIpc) is 3.18. The van der Waals surface area contributed by atoms with Gasteiger partial charge in [-0.2, -0.15) is 0 Å². The van der Waals surface area contributed by atoms with Crippen LogP contribution < -0.4 is 0 Å². The summed E-state index contributed by atoms with van der Waals surface area (Å²) in [5.41, 5.74) is 0. The number of rotatable bonds is 5. The zero-order valence-electron chi connectivity index (χ0n) is 13.6. The molecular weight excluding hydrogens is 250 g/mol. The minimum Gasteiger partial charge on any atom is -0.348 e. The first-order chi connectivity index (χ1) is 9.47. The zero-order valence-corrected chi connectivity index (χ0v) is 13.6. The third-order valence-electron chi connectivity index (χ3n) is 4.65. The molecular formula is C16H31N3O. The molecule has 1 amide bonds. The monoisotopic (exact) mass is 281 g/mol. The maximum atomic E-state index is 11.9. The van der Waals surface area contributed by atoms with Crippen molar-refractivity contribution < 1.29 is 4.79 Å². The van der Waals surface area contributed by atoms with Gasteiger partial charge in [0.15, 0.2) is 0 Å². The summed E-state index contributed by atoms with van der Waals surface area (Å²) < 4.78 is 0. The van der Waals surface area contributed by atoms with E-state index in [4.69, 9.17) is 0 Å². The van der Waals surface area contributed by atoms with Gasteiger partial charge in [-0.05, 0) is 44.2 Å². The van der Waals surface area contributed by atoms with E-state index in [1.54, 1.807) is 4.90 Å². The Morgan fingerprint density at radius 2 is 1.95 bits per heavy atom. The Hall–Kier alpha value is -0.610. The summed E-state index contributed by atoms with van der Waals surface area (Å²) in [5, 5.41) is 0. The van der Waals surface area contributed by atoms with E-state index in [9.17, 15) is 4.79 Å². The highest BCUT2D eigenvalue weighted by atomic mass is 16.2. The average molecular weight is 281 g/mol. The SMILES string of the molecule is CC(C)[C@H]1CN(CC(=O)N(C)C)CCCN1CC1CC1. The molecule has 2 aliphatic rings. The van der Waals surface area contributed by atoms with Gasteiger partial charge in [-0.25, -0.2) is 0 Å². The Kier molecular flexibility index (Phi) is 5.44. The first-order valence-corrected chi connectivity index (χ1v) is 8.14. The standard InChI is InChI=1S/C16H31N3O/c1-13(2)15-11-18(12-16(20)17(3)4)8-5-9-19(15)10-14-6-7-14/h13-15H,5-12H2,1-4H3/t15-/m1/s1. The molecule has 0 aromatic heterocycles. The van der Waals surface area contributed by atoms with Crippen molar-refractivity contribution in [3.8, 4) is 0 Å². The molecule has 116 valence electrons. The van der Waals surface area contributed by atoms with Crippen molar-refractivity contribution >= 4 is 5.91 Å². The molecule has 1 aliphatic heterocycles. The van der Waals surface area contributed by atoms with Gasteiger partial charge in [0.25, 0.3) is 0 Å². The molecule has 4 nitrogen and oxygen atoms in total. The lowest BCUT2D eigenvalue weighted by molar-refractivity contribution is -0.130. The molecule has 0 radical (unpaired) electrons. The molecule has 2 rings (SSSR count). The van der Waals surface area contributed by atoms with Crippen LogP contribution >= 0.6 is 0 Å². The van der Waals surface area contributed by atoms with Gasteiger partial charge in [0, 0.05) is 33.2 Å². The maximum Gasteiger partial charge on any atom is 0.236 e. The van der Waals surface area contributed by atoms with Crippen molar-refractivity contribution in [2.24, 2.45) is 11.8 Å². The molecule has 1 heterocycles. The Morgan fingerprint density at radius 1 is 1.25 bits per heavy atom. The lowest BCUT2D eigenvalue weighted by atomic mass is 10.0. The third kappa shape index (κ3) is 4.45. The number of carbonyl (C=O) groups is 1. The van der Waals surface area contributed by atoms with E-state index in [2.05, 4.69) is 23.6 Å². The van der Waals surface area contributed by atoms with Crippen molar-refractivity contribution in [3.05, 3.63) is 0 Å². The first kappa shape index (κ1) is 15.8. The van der Waals surface area contributed by atoms with E-state index in [1.807, 2.05) is 14.1 Å². The van der Waals surface area contributed by atoms with Crippen LogP contribution in [0.25, 0.3) is 0 Å². The fraction of sp³-hybridized carbons (Fsp3) is 0.938. The van der Waals surface area contributed by atoms with Crippen LogP contribution in [0.5, 0.6) is 0 Å². The zero-order chi connectivity index (χ0) is 14.7. The summed E-state index contributed by atoms with van der Waals surface area (Å²) in [5.74, 6) is 1.83. The number of hydrogen-bond donors (Lipinski definition) is 0. The maximum absolute atomic E-state index is 11.9. The van der Waals surface area contributed by atoms with Crippen LogP contribution in [0, 0.1) is 11.8 Å². The predicted molar refractivity (Wildman–Crippen MR) is 82.7 cm³/mol. The van der Waals surface area contributed by atoms with E-state index in [-0.39, 0.29) is 5.91 Å². The van der Waals surface area contributed by atoms with Crippen LogP contribution in [0.3, 0.4) is 0 Å². The second-order valence-corrected chi connectivity index (χ2v) is 7.13. The lowest BCUT2D eigenvalue weighted by Crippen LogP contribution is -2.47. The van der Waals surface area contributed by atoms with E-state index in [1.165, 1.54) is 32.4 Å². The van der Waals surface area contributed by atoms with Crippen molar-refractivity contribution in [2.75, 3.05) is 46.8 Å². The summed E-state index contributed by atoms with van der Waals surface area (Å²) in [7, 11) is 3.69. The fourth-order valence-corrected chi connectivity index (χ4v) is 3.10. The summed E-state index contributed by atoms with van der Waals surface area (Å²) in [6, 6.07) is 0.605. The molecule has 2 fully saturated rings. The molecule has 1 saturated carbocycles. The summed E-state index contributed by atoms with van der Waals surface area (Å²) in [4.78, 5) is 18.7. The molecule has 0 aromatic rings. The van der Waals surface area contributed by atoms with E-state index >= 15 is 0 Å². The molecule has 0 aromatic carbocycles. The number of nitrogens with zero attached hydrogens (tertiary/aromatic N) is 3. The van der Waals surface area contributed by atoms with Gasteiger partial charge < -0.3 is 4.90 Å². The highest BCUT2D eigenvalue weighted by Crippen LogP contribution is 2.31. The van der Waals surface area contributed by atoms with Gasteiger partial charge in [-0.3, -0.25) is 14.6 Å². The lowest BCUT2D eigenvalue weighted by Gasteiger charge is -2.34. The van der Waals surface area contributed by atoms with Crippen LogP contribution in [-0.4, -0.2) is 73.5 Å². The van der Waals surface area contributed by atoms with Crippen LogP contribution in [0.2, 0.25) is 0 Å². The van der Waals surface area contributed by atoms with Crippen LogP contribution in [0.4, 0.5) is 0 Å². The predicted octanol–water partition coefficient (Wildman–Crippen LogP) is 1.52. The van der Waals surface area contributed by atoms with Crippen LogP contribution in [0.1, 0.15) is 33.1 Å². The van der Waals surface area contributed by atoms with E-state index < -0.39 is 0 Å². The second-order valence-electron chi connectivity index (χ2n) is 7.13. The minimum absolute atomic E-state index is 0.225.